The minimum Gasteiger partial charge on any atom is -0.336 e. The van der Waals surface area contributed by atoms with E-state index in [1.165, 1.54) is 36.4 Å². The molecule has 2 aromatic rings. The van der Waals surface area contributed by atoms with Gasteiger partial charge >= 0.3 is 0 Å². The Kier molecular flexibility index (Phi) is 5.44. The van der Waals surface area contributed by atoms with Gasteiger partial charge in [-0.3, -0.25) is 9.52 Å². The number of hydrogen-bond acceptors (Lipinski definition) is 5. The van der Waals surface area contributed by atoms with Crippen molar-refractivity contribution in [3.05, 3.63) is 59.7 Å². The van der Waals surface area contributed by atoms with E-state index in [-0.39, 0.29) is 10.8 Å². The summed E-state index contributed by atoms with van der Waals surface area (Å²) in [6.45, 7) is 2.83. The van der Waals surface area contributed by atoms with Crippen molar-refractivity contribution in [1.82, 2.24) is 9.80 Å². The van der Waals surface area contributed by atoms with Crippen LogP contribution in [-0.4, -0.2) is 57.4 Å². The normalized spacial score (nSPS) is 15.2. The number of anilines is 1. The van der Waals surface area contributed by atoms with Gasteiger partial charge in [-0.05, 0) is 49.5 Å². The average Bonchev–Trinajstić information content (AvgIpc) is 2.68. The minimum atomic E-state index is -3.84. The Morgan fingerprint density at radius 3 is 2.37 bits per heavy atom. The summed E-state index contributed by atoms with van der Waals surface area (Å²) in [6, 6.07) is 14.1. The van der Waals surface area contributed by atoms with E-state index in [0.29, 0.717) is 29.9 Å². The first kappa shape index (κ1) is 18.9. The van der Waals surface area contributed by atoms with Crippen LogP contribution in [0.5, 0.6) is 0 Å². The maximum Gasteiger partial charge on any atom is 0.261 e. The first-order valence-corrected chi connectivity index (χ1v) is 9.98. The van der Waals surface area contributed by atoms with E-state index in [4.69, 9.17) is 5.26 Å². The largest absolute Gasteiger partial charge is 0.336 e. The molecule has 0 saturated carbocycles. The van der Waals surface area contributed by atoms with Crippen LogP contribution >= 0.6 is 0 Å². The highest BCUT2D eigenvalue weighted by atomic mass is 32.2. The molecule has 1 heterocycles. The molecule has 1 amide bonds. The molecular formula is C19H20N4O3S. The maximum atomic E-state index is 12.7. The van der Waals surface area contributed by atoms with Gasteiger partial charge in [-0.1, -0.05) is 6.07 Å². The molecule has 140 valence electrons. The number of carbonyl (C=O) groups is 1. The molecule has 7 nitrogen and oxygen atoms in total. The van der Waals surface area contributed by atoms with E-state index in [1.807, 2.05) is 13.1 Å². The summed E-state index contributed by atoms with van der Waals surface area (Å²) in [6.07, 6.45) is 0. The molecule has 0 spiro atoms. The Morgan fingerprint density at radius 2 is 1.74 bits per heavy atom. The fourth-order valence-electron chi connectivity index (χ4n) is 2.82. The molecule has 1 aliphatic heterocycles. The lowest BCUT2D eigenvalue weighted by Crippen LogP contribution is -2.47. The second-order valence-corrected chi connectivity index (χ2v) is 8.10. The lowest BCUT2D eigenvalue weighted by Gasteiger charge is -2.32. The molecule has 0 aromatic heterocycles. The van der Waals surface area contributed by atoms with Crippen molar-refractivity contribution in [2.45, 2.75) is 4.90 Å². The molecule has 0 atom stereocenters. The van der Waals surface area contributed by atoms with Gasteiger partial charge in [-0.2, -0.15) is 5.26 Å². The molecule has 1 aliphatic rings. The topological polar surface area (TPSA) is 93.5 Å². The number of nitrogens with zero attached hydrogens (tertiary/aromatic N) is 3. The minimum absolute atomic E-state index is 0.0202. The Hall–Kier alpha value is -2.89. The van der Waals surface area contributed by atoms with Crippen LogP contribution in [0.3, 0.4) is 0 Å². The van der Waals surface area contributed by atoms with Gasteiger partial charge in [0.2, 0.25) is 0 Å². The molecule has 1 saturated heterocycles. The third-order valence-electron chi connectivity index (χ3n) is 4.45. The highest BCUT2D eigenvalue weighted by molar-refractivity contribution is 7.92. The van der Waals surface area contributed by atoms with Crippen molar-refractivity contribution in [2.75, 3.05) is 37.9 Å². The van der Waals surface area contributed by atoms with E-state index >= 15 is 0 Å². The molecule has 1 N–H and O–H groups in total. The zero-order chi connectivity index (χ0) is 19.4. The number of benzene rings is 2. The van der Waals surface area contributed by atoms with Gasteiger partial charge in [0.25, 0.3) is 15.9 Å². The standard InChI is InChI=1S/C19H20N4O3S/c1-22-9-11-23(12-10-22)19(24)16-3-2-4-18(13-16)27(25,26)21-17-7-5-15(14-20)6-8-17/h2-8,13,21H,9-12H2,1H3. The third kappa shape index (κ3) is 4.45. The van der Waals surface area contributed by atoms with Gasteiger partial charge in [-0.15, -0.1) is 0 Å². The summed E-state index contributed by atoms with van der Waals surface area (Å²) in [5, 5.41) is 8.82. The monoisotopic (exact) mass is 384 g/mol. The molecule has 2 aromatic carbocycles. The van der Waals surface area contributed by atoms with Crippen LogP contribution in [0, 0.1) is 11.3 Å². The first-order chi connectivity index (χ1) is 12.9. The maximum absolute atomic E-state index is 12.7. The number of nitriles is 1. The molecule has 8 heteroatoms. The molecular weight excluding hydrogens is 364 g/mol. The van der Waals surface area contributed by atoms with Crippen molar-refractivity contribution in [3.8, 4) is 6.07 Å². The predicted octanol–water partition coefficient (Wildman–Crippen LogP) is 1.75. The van der Waals surface area contributed by atoms with E-state index in [0.717, 1.165) is 13.1 Å². The lowest BCUT2D eigenvalue weighted by atomic mass is 10.2. The second kappa shape index (κ2) is 7.78. The molecule has 0 unspecified atom stereocenters. The van der Waals surface area contributed by atoms with Crippen LogP contribution in [0.25, 0.3) is 0 Å². The van der Waals surface area contributed by atoms with Crippen LogP contribution in [-0.2, 0) is 10.0 Å². The molecule has 3 rings (SSSR count). The van der Waals surface area contributed by atoms with Crippen LogP contribution in [0.15, 0.2) is 53.4 Å². The molecule has 1 fully saturated rings. The van der Waals surface area contributed by atoms with Gasteiger partial charge in [-0.25, -0.2) is 8.42 Å². The van der Waals surface area contributed by atoms with Gasteiger partial charge in [0.05, 0.1) is 16.5 Å². The fraction of sp³-hybridized carbons (Fsp3) is 0.263. The number of piperazine rings is 1. The van der Waals surface area contributed by atoms with Crippen LogP contribution in [0.4, 0.5) is 5.69 Å². The van der Waals surface area contributed by atoms with E-state index in [9.17, 15) is 13.2 Å². The van der Waals surface area contributed by atoms with Gasteiger partial charge in [0, 0.05) is 37.4 Å². The number of likely N-dealkylation sites (N-methyl/N-ethyl adjacent to an activating group) is 1. The molecule has 0 radical (unpaired) electrons. The van der Waals surface area contributed by atoms with Crippen molar-refractivity contribution in [3.63, 3.8) is 0 Å². The third-order valence-corrected chi connectivity index (χ3v) is 5.83. The van der Waals surface area contributed by atoms with E-state index in [2.05, 4.69) is 9.62 Å². The van der Waals surface area contributed by atoms with Crippen molar-refractivity contribution >= 4 is 21.6 Å². The van der Waals surface area contributed by atoms with Crippen molar-refractivity contribution in [2.24, 2.45) is 0 Å². The summed E-state index contributed by atoms with van der Waals surface area (Å²) in [5.41, 5.74) is 1.14. The predicted molar refractivity (Wildman–Crippen MR) is 102 cm³/mol. The number of sulfonamides is 1. The highest BCUT2D eigenvalue weighted by Gasteiger charge is 2.22. The fourth-order valence-corrected chi connectivity index (χ4v) is 3.92. The number of amides is 1. The average molecular weight is 384 g/mol. The number of hydrogen-bond donors (Lipinski definition) is 1. The Bertz CT molecular complexity index is 973. The molecule has 0 bridgehead atoms. The van der Waals surface area contributed by atoms with Crippen molar-refractivity contribution < 1.29 is 13.2 Å². The summed E-state index contributed by atoms with van der Waals surface area (Å²) in [4.78, 5) is 16.6. The van der Waals surface area contributed by atoms with Crippen LogP contribution < -0.4 is 4.72 Å². The zero-order valence-electron chi connectivity index (χ0n) is 14.9. The zero-order valence-corrected chi connectivity index (χ0v) is 15.7. The molecule has 27 heavy (non-hydrogen) atoms. The first-order valence-electron chi connectivity index (χ1n) is 8.50. The van der Waals surface area contributed by atoms with Gasteiger partial charge in [0.1, 0.15) is 0 Å². The Balaban J connectivity index is 1.79. The lowest BCUT2D eigenvalue weighted by molar-refractivity contribution is 0.0664. The summed E-state index contributed by atoms with van der Waals surface area (Å²) in [7, 11) is -1.84. The number of nitrogens with one attached hydrogen (secondary N) is 1. The van der Waals surface area contributed by atoms with Crippen LogP contribution in [0.2, 0.25) is 0 Å². The quantitative estimate of drug-likeness (QED) is 0.867. The second-order valence-electron chi connectivity index (χ2n) is 6.42. The van der Waals surface area contributed by atoms with E-state index < -0.39 is 10.0 Å². The number of carbonyl (C=O) groups excluding carboxylic acids is 1. The number of rotatable bonds is 4. The summed E-state index contributed by atoms with van der Waals surface area (Å²) in [5.74, 6) is -0.168. The SMILES string of the molecule is CN1CCN(C(=O)c2cccc(S(=O)(=O)Nc3ccc(C#N)cc3)c2)CC1. The van der Waals surface area contributed by atoms with Crippen molar-refractivity contribution in [1.29, 1.82) is 5.26 Å². The smallest absolute Gasteiger partial charge is 0.261 e. The van der Waals surface area contributed by atoms with Crippen LogP contribution in [0.1, 0.15) is 15.9 Å². The van der Waals surface area contributed by atoms with Gasteiger partial charge < -0.3 is 9.80 Å². The summed E-state index contributed by atoms with van der Waals surface area (Å²) < 4.78 is 27.8. The summed E-state index contributed by atoms with van der Waals surface area (Å²) >= 11 is 0. The van der Waals surface area contributed by atoms with Gasteiger partial charge in [0.15, 0.2) is 0 Å². The molecule has 0 aliphatic carbocycles. The Morgan fingerprint density at radius 1 is 1.07 bits per heavy atom. The van der Waals surface area contributed by atoms with E-state index in [1.54, 1.807) is 17.0 Å². The highest BCUT2D eigenvalue weighted by Crippen LogP contribution is 2.19. The Labute approximate surface area is 158 Å².